The topological polar surface area (TPSA) is 29.5 Å². The standard InChI is InChI=1S/C13H20NO2/c1-14(7-9-16-10-8-14)11-13(15)12-5-3-2-4-6-12/h2-6,13,15H,7-11H2,1H3/q+1. The molecule has 0 saturated carbocycles. The molecule has 1 aliphatic heterocycles. The third-order valence-corrected chi connectivity index (χ3v) is 3.35. The third kappa shape index (κ3) is 2.82. The summed E-state index contributed by atoms with van der Waals surface area (Å²) >= 11 is 0. The van der Waals surface area contributed by atoms with Gasteiger partial charge in [0, 0.05) is 0 Å². The van der Waals surface area contributed by atoms with Crippen LogP contribution in [0, 0.1) is 0 Å². The van der Waals surface area contributed by atoms with Gasteiger partial charge in [0.1, 0.15) is 25.7 Å². The Labute approximate surface area is 96.9 Å². The van der Waals surface area contributed by atoms with E-state index in [9.17, 15) is 5.11 Å². The van der Waals surface area contributed by atoms with Crippen LogP contribution in [0.4, 0.5) is 0 Å². The molecule has 3 nitrogen and oxygen atoms in total. The number of quaternary nitrogens is 1. The summed E-state index contributed by atoms with van der Waals surface area (Å²) in [5.41, 5.74) is 1.01. The molecule has 0 radical (unpaired) electrons. The highest BCUT2D eigenvalue weighted by Crippen LogP contribution is 2.18. The number of hydrogen-bond donors (Lipinski definition) is 1. The zero-order valence-electron chi connectivity index (χ0n) is 9.80. The van der Waals surface area contributed by atoms with Gasteiger partial charge in [-0.25, -0.2) is 0 Å². The summed E-state index contributed by atoms with van der Waals surface area (Å²) in [7, 11) is 2.19. The summed E-state index contributed by atoms with van der Waals surface area (Å²) in [5.74, 6) is 0. The molecule has 2 rings (SSSR count). The lowest BCUT2D eigenvalue weighted by Gasteiger charge is -2.38. The summed E-state index contributed by atoms with van der Waals surface area (Å²) in [6.07, 6.45) is -0.371. The Morgan fingerprint density at radius 3 is 2.50 bits per heavy atom. The maximum absolute atomic E-state index is 10.2. The quantitative estimate of drug-likeness (QED) is 0.779. The van der Waals surface area contributed by atoms with Gasteiger partial charge >= 0.3 is 0 Å². The highest BCUT2D eigenvalue weighted by atomic mass is 16.5. The number of nitrogens with zero attached hydrogens (tertiary/aromatic N) is 1. The van der Waals surface area contributed by atoms with E-state index in [1.165, 1.54) is 0 Å². The van der Waals surface area contributed by atoms with E-state index in [4.69, 9.17) is 4.74 Å². The molecule has 0 amide bonds. The minimum atomic E-state index is -0.371. The van der Waals surface area contributed by atoms with E-state index >= 15 is 0 Å². The van der Waals surface area contributed by atoms with Crippen molar-refractivity contribution in [1.29, 1.82) is 0 Å². The molecule has 0 spiro atoms. The van der Waals surface area contributed by atoms with Crippen LogP contribution in [0.1, 0.15) is 11.7 Å². The molecular formula is C13H20NO2+. The fraction of sp³-hybridized carbons (Fsp3) is 0.538. The molecule has 1 aliphatic rings. The Morgan fingerprint density at radius 1 is 1.25 bits per heavy atom. The van der Waals surface area contributed by atoms with E-state index < -0.39 is 0 Å². The highest BCUT2D eigenvalue weighted by molar-refractivity contribution is 5.17. The molecule has 1 aromatic rings. The average Bonchev–Trinajstić information content (AvgIpc) is 2.30. The zero-order chi connectivity index (χ0) is 11.4. The van der Waals surface area contributed by atoms with Gasteiger partial charge in [0.15, 0.2) is 0 Å². The van der Waals surface area contributed by atoms with E-state index in [1.54, 1.807) is 0 Å². The Bertz CT molecular complexity index is 320. The van der Waals surface area contributed by atoms with Crippen LogP contribution in [-0.4, -0.2) is 49.5 Å². The first-order valence-electron chi connectivity index (χ1n) is 5.84. The molecular weight excluding hydrogens is 202 g/mol. The number of aliphatic hydroxyl groups excluding tert-OH is 1. The SMILES string of the molecule is C[N+]1(CC(O)c2ccccc2)CCOCC1. The van der Waals surface area contributed by atoms with E-state index in [0.717, 1.165) is 42.9 Å². The van der Waals surface area contributed by atoms with Gasteiger partial charge in [-0.1, -0.05) is 30.3 Å². The van der Waals surface area contributed by atoms with Crippen molar-refractivity contribution < 1.29 is 14.3 Å². The Morgan fingerprint density at radius 2 is 1.88 bits per heavy atom. The maximum atomic E-state index is 10.2. The maximum Gasteiger partial charge on any atom is 0.128 e. The van der Waals surface area contributed by atoms with Gasteiger partial charge in [0.2, 0.25) is 0 Å². The largest absolute Gasteiger partial charge is 0.382 e. The van der Waals surface area contributed by atoms with Crippen molar-refractivity contribution in [3.8, 4) is 0 Å². The number of benzene rings is 1. The summed E-state index contributed by atoms with van der Waals surface area (Å²) in [5, 5.41) is 10.2. The van der Waals surface area contributed by atoms with E-state index in [2.05, 4.69) is 7.05 Å². The predicted molar refractivity (Wildman–Crippen MR) is 63.0 cm³/mol. The number of likely N-dealkylation sites (N-methyl/N-ethyl adjacent to an activating group) is 1. The van der Waals surface area contributed by atoms with Crippen molar-refractivity contribution in [3.05, 3.63) is 35.9 Å². The molecule has 1 fully saturated rings. The van der Waals surface area contributed by atoms with Crippen molar-refractivity contribution in [2.75, 3.05) is 39.9 Å². The van der Waals surface area contributed by atoms with Crippen molar-refractivity contribution in [1.82, 2.24) is 0 Å². The Kier molecular flexibility index (Phi) is 3.59. The summed E-state index contributed by atoms with van der Waals surface area (Å²) in [4.78, 5) is 0. The molecule has 88 valence electrons. The minimum Gasteiger partial charge on any atom is -0.382 e. The van der Waals surface area contributed by atoms with Gasteiger partial charge in [-0.2, -0.15) is 0 Å². The van der Waals surface area contributed by atoms with Gasteiger partial charge in [-0.15, -0.1) is 0 Å². The Hall–Kier alpha value is -0.900. The molecule has 16 heavy (non-hydrogen) atoms. The monoisotopic (exact) mass is 222 g/mol. The summed E-state index contributed by atoms with van der Waals surface area (Å²) in [6, 6.07) is 9.88. The summed E-state index contributed by atoms with van der Waals surface area (Å²) in [6.45, 7) is 4.36. The van der Waals surface area contributed by atoms with Crippen LogP contribution in [0.3, 0.4) is 0 Å². The number of ether oxygens (including phenoxy) is 1. The van der Waals surface area contributed by atoms with Crippen molar-refractivity contribution in [3.63, 3.8) is 0 Å². The van der Waals surface area contributed by atoms with E-state index in [0.29, 0.717) is 0 Å². The molecule has 0 aromatic heterocycles. The fourth-order valence-corrected chi connectivity index (χ4v) is 2.16. The van der Waals surface area contributed by atoms with Crippen LogP contribution < -0.4 is 0 Å². The van der Waals surface area contributed by atoms with Crippen molar-refractivity contribution in [2.45, 2.75) is 6.10 Å². The molecule has 3 heteroatoms. The minimum absolute atomic E-state index is 0.371. The zero-order valence-corrected chi connectivity index (χ0v) is 9.80. The molecule has 1 saturated heterocycles. The second kappa shape index (κ2) is 4.95. The van der Waals surface area contributed by atoms with Gasteiger partial charge < -0.3 is 14.3 Å². The van der Waals surface area contributed by atoms with Crippen LogP contribution >= 0.6 is 0 Å². The molecule has 0 aliphatic carbocycles. The lowest BCUT2D eigenvalue weighted by molar-refractivity contribution is -0.920. The van der Waals surface area contributed by atoms with Gasteiger partial charge in [-0.05, 0) is 5.56 Å². The number of aliphatic hydroxyl groups is 1. The first-order valence-corrected chi connectivity index (χ1v) is 5.84. The molecule has 1 N–H and O–H groups in total. The fourth-order valence-electron chi connectivity index (χ4n) is 2.16. The number of rotatable bonds is 3. The Balaban J connectivity index is 1.98. The van der Waals surface area contributed by atoms with Crippen LogP contribution in [0.2, 0.25) is 0 Å². The average molecular weight is 222 g/mol. The predicted octanol–water partition coefficient (Wildman–Crippen LogP) is 1.20. The van der Waals surface area contributed by atoms with Crippen LogP contribution in [0.25, 0.3) is 0 Å². The normalized spacial score (nSPS) is 21.6. The molecule has 1 aromatic carbocycles. The van der Waals surface area contributed by atoms with Crippen LogP contribution in [0.15, 0.2) is 30.3 Å². The summed E-state index contributed by atoms with van der Waals surface area (Å²) < 4.78 is 6.25. The second-order valence-corrected chi connectivity index (χ2v) is 4.79. The van der Waals surface area contributed by atoms with Crippen molar-refractivity contribution >= 4 is 0 Å². The highest BCUT2D eigenvalue weighted by Gasteiger charge is 2.28. The molecule has 1 unspecified atom stereocenters. The number of hydrogen-bond acceptors (Lipinski definition) is 2. The van der Waals surface area contributed by atoms with Gasteiger partial charge in [0.05, 0.1) is 20.3 Å². The molecule has 1 atom stereocenters. The smallest absolute Gasteiger partial charge is 0.128 e. The van der Waals surface area contributed by atoms with Gasteiger partial charge in [-0.3, -0.25) is 0 Å². The van der Waals surface area contributed by atoms with Crippen LogP contribution in [-0.2, 0) is 4.74 Å². The molecule has 0 bridgehead atoms. The van der Waals surface area contributed by atoms with E-state index in [-0.39, 0.29) is 6.10 Å². The van der Waals surface area contributed by atoms with Crippen LogP contribution in [0.5, 0.6) is 0 Å². The third-order valence-electron chi connectivity index (χ3n) is 3.35. The van der Waals surface area contributed by atoms with Crippen molar-refractivity contribution in [2.24, 2.45) is 0 Å². The first-order chi connectivity index (χ1) is 7.70. The van der Waals surface area contributed by atoms with Gasteiger partial charge in [0.25, 0.3) is 0 Å². The lowest BCUT2D eigenvalue weighted by Crippen LogP contribution is -2.53. The molecule has 1 heterocycles. The number of morpholine rings is 1. The first kappa shape index (κ1) is 11.6. The lowest BCUT2D eigenvalue weighted by atomic mass is 10.1. The van der Waals surface area contributed by atoms with E-state index in [1.807, 2.05) is 30.3 Å². The second-order valence-electron chi connectivity index (χ2n) is 4.79.